The largest absolute Gasteiger partial charge is 0.497 e. The van der Waals surface area contributed by atoms with Gasteiger partial charge in [0, 0.05) is 43.5 Å². The summed E-state index contributed by atoms with van der Waals surface area (Å²) in [5.41, 5.74) is 0.752. The van der Waals surface area contributed by atoms with Gasteiger partial charge in [-0.05, 0) is 37.4 Å². The number of ether oxygens (including phenoxy) is 1. The summed E-state index contributed by atoms with van der Waals surface area (Å²) in [6, 6.07) is 11.2. The van der Waals surface area contributed by atoms with Gasteiger partial charge in [-0.2, -0.15) is 4.31 Å². The highest BCUT2D eigenvalue weighted by Crippen LogP contribution is 2.27. The number of nitrogens with one attached hydrogen (secondary N) is 1. The van der Waals surface area contributed by atoms with Crippen molar-refractivity contribution in [2.75, 3.05) is 45.7 Å². The molecule has 1 aliphatic heterocycles. The van der Waals surface area contributed by atoms with Gasteiger partial charge in [0.1, 0.15) is 10.6 Å². The number of halogens is 1. The highest BCUT2D eigenvalue weighted by Gasteiger charge is 2.30. The zero-order valence-electron chi connectivity index (χ0n) is 15.7. The van der Waals surface area contributed by atoms with Crippen molar-refractivity contribution < 1.29 is 17.9 Å². The first-order valence-electron chi connectivity index (χ1n) is 8.75. The predicted octanol–water partition coefficient (Wildman–Crippen LogP) is 2.54. The summed E-state index contributed by atoms with van der Waals surface area (Å²) in [6.07, 6.45) is 0. The number of hydrogen-bond acceptors (Lipinski definition) is 5. The second-order valence-corrected chi connectivity index (χ2v) is 8.85. The van der Waals surface area contributed by atoms with Crippen LogP contribution in [0.25, 0.3) is 0 Å². The van der Waals surface area contributed by atoms with E-state index in [1.807, 2.05) is 7.05 Å². The highest BCUT2D eigenvalue weighted by atomic mass is 35.5. The molecule has 0 radical (unpaired) electrons. The van der Waals surface area contributed by atoms with Crippen LogP contribution < -0.4 is 10.1 Å². The maximum absolute atomic E-state index is 13.0. The van der Waals surface area contributed by atoms with Crippen molar-refractivity contribution in [3.8, 4) is 5.75 Å². The van der Waals surface area contributed by atoms with Crippen LogP contribution in [0, 0.1) is 0 Å². The van der Waals surface area contributed by atoms with E-state index < -0.39 is 15.9 Å². The van der Waals surface area contributed by atoms with Crippen molar-refractivity contribution in [2.45, 2.75) is 4.90 Å². The fraction of sp³-hybridized carbons (Fsp3) is 0.316. The van der Waals surface area contributed by atoms with Crippen LogP contribution in [0.1, 0.15) is 10.4 Å². The third-order valence-corrected chi connectivity index (χ3v) is 6.98. The van der Waals surface area contributed by atoms with Gasteiger partial charge in [-0.25, -0.2) is 8.42 Å². The van der Waals surface area contributed by atoms with Gasteiger partial charge in [-0.3, -0.25) is 4.79 Å². The lowest BCUT2D eigenvalue weighted by atomic mass is 10.2. The summed E-state index contributed by atoms with van der Waals surface area (Å²) >= 11 is 6.17. The first-order valence-corrected chi connectivity index (χ1v) is 10.6. The second kappa shape index (κ2) is 8.48. The summed E-state index contributed by atoms with van der Waals surface area (Å²) in [5.74, 6) is 0.173. The third kappa shape index (κ3) is 4.47. The van der Waals surface area contributed by atoms with Gasteiger partial charge in [-0.15, -0.1) is 0 Å². The van der Waals surface area contributed by atoms with Crippen LogP contribution in [0.15, 0.2) is 47.4 Å². The second-order valence-electron chi connectivity index (χ2n) is 6.54. The van der Waals surface area contributed by atoms with Crippen molar-refractivity contribution in [2.24, 2.45) is 0 Å². The number of carbonyl (C=O) groups is 1. The average Bonchev–Trinajstić information content (AvgIpc) is 2.68. The molecule has 2 aromatic carbocycles. The molecule has 0 aliphatic carbocycles. The SMILES string of the molecule is COc1cccc(NC(=O)c2ccc(Cl)c(S(=O)(=O)N3CCN(C)CC3)c2)c1. The molecule has 1 N–H and O–H groups in total. The quantitative estimate of drug-likeness (QED) is 0.799. The number of rotatable bonds is 5. The smallest absolute Gasteiger partial charge is 0.255 e. The fourth-order valence-electron chi connectivity index (χ4n) is 2.91. The standard InChI is InChI=1S/C19H22ClN3O4S/c1-22-8-10-23(11-9-22)28(25,26)18-12-14(6-7-17(18)20)19(24)21-15-4-3-5-16(13-15)27-2/h3-7,12-13H,8-11H2,1-2H3,(H,21,24). The Morgan fingerprint density at radius 3 is 2.50 bits per heavy atom. The van der Waals surface area contributed by atoms with Crippen molar-refractivity contribution in [3.05, 3.63) is 53.1 Å². The molecular weight excluding hydrogens is 402 g/mol. The molecule has 1 amide bonds. The fourth-order valence-corrected chi connectivity index (χ4v) is 4.84. The van der Waals surface area contributed by atoms with E-state index in [1.54, 1.807) is 24.3 Å². The molecule has 0 atom stereocenters. The molecule has 150 valence electrons. The third-order valence-electron chi connectivity index (χ3n) is 4.60. The van der Waals surface area contributed by atoms with Crippen molar-refractivity contribution in [1.29, 1.82) is 0 Å². The summed E-state index contributed by atoms with van der Waals surface area (Å²) in [6.45, 7) is 2.06. The first-order chi connectivity index (χ1) is 13.3. The van der Waals surface area contributed by atoms with Gasteiger partial charge >= 0.3 is 0 Å². The van der Waals surface area contributed by atoms with Crippen molar-refractivity contribution >= 4 is 33.2 Å². The highest BCUT2D eigenvalue weighted by molar-refractivity contribution is 7.89. The number of nitrogens with zero attached hydrogens (tertiary/aromatic N) is 2. The number of hydrogen-bond donors (Lipinski definition) is 1. The molecule has 1 fully saturated rings. The zero-order chi connectivity index (χ0) is 20.3. The van der Waals surface area contributed by atoms with E-state index in [0.29, 0.717) is 37.6 Å². The number of amides is 1. The van der Waals surface area contributed by atoms with E-state index >= 15 is 0 Å². The number of likely N-dealkylation sites (N-methyl/N-ethyl adjacent to an activating group) is 1. The van der Waals surface area contributed by atoms with Crippen LogP contribution in [-0.2, 0) is 10.0 Å². The molecule has 0 aromatic heterocycles. The number of carbonyl (C=O) groups excluding carboxylic acids is 1. The molecule has 9 heteroatoms. The Morgan fingerprint density at radius 1 is 1.11 bits per heavy atom. The van der Waals surface area contributed by atoms with E-state index in [1.165, 1.54) is 29.6 Å². The lowest BCUT2D eigenvalue weighted by Crippen LogP contribution is -2.47. The molecule has 0 bridgehead atoms. The maximum atomic E-state index is 13.0. The predicted molar refractivity (Wildman–Crippen MR) is 109 cm³/mol. The van der Waals surface area contributed by atoms with Gasteiger partial charge < -0.3 is 15.0 Å². The van der Waals surface area contributed by atoms with Crippen LogP contribution in [-0.4, -0.2) is 63.9 Å². The number of benzene rings is 2. The monoisotopic (exact) mass is 423 g/mol. The zero-order valence-corrected chi connectivity index (χ0v) is 17.3. The molecule has 28 heavy (non-hydrogen) atoms. The van der Waals surface area contributed by atoms with Crippen LogP contribution in [0.2, 0.25) is 5.02 Å². The molecule has 3 rings (SSSR count). The van der Waals surface area contributed by atoms with Crippen LogP contribution in [0.3, 0.4) is 0 Å². The Labute approximate surface area is 169 Å². The minimum Gasteiger partial charge on any atom is -0.497 e. The summed E-state index contributed by atoms with van der Waals surface area (Å²) < 4.78 is 32.6. The van der Waals surface area contributed by atoms with E-state index in [4.69, 9.17) is 16.3 Å². The van der Waals surface area contributed by atoms with E-state index in [0.717, 1.165) is 0 Å². The Bertz CT molecular complexity index is 973. The van der Waals surface area contributed by atoms with Gasteiger partial charge in [0.05, 0.1) is 12.1 Å². The maximum Gasteiger partial charge on any atom is 0.255 e. The molecule has 7 nitrogen and oxygen atoms in total. The molecule has 1 aliphatic rings. The molecule has 0 saturated carbocycles. The van der Waals surface area contributed by atoms with E-state index in [2.05, 4.69) is 10.2 Å². The summed E-state index contributed by atoms with van der Waals surface area (Å²) in [7, 11) is -0.299. The summed E-state index contributed by atoms with van der Waals surface area (Å²) in [5, 5.41) is 2.83. The number of piperazine rings is 1. The van der Waals surface area contributed by atoms with Crippen molar-refractivity contribution in [3.63, 3.8) is 0 Å². The molecular formula is C19H22ClN3O4S. The molecule has 1 heterocycles. The van der Waals surface area contributed by atoms with Crippen LogP contribution in [0.4, 0.5) is 5.69 Å². The van der Waals surface area contributed by atoms with Crippen LogP contribution >= 0.6 is 11.6 Å². The number of anilines is 1. The van der Waals surface area contributed by atoms with E-state index in [-0.39, 0.29) is 15.5 Å². The molecule has 0 spiro atoms. The van der Waals surface area contributed by atoms with Crippen molar-refractivity contribution in [1.82, 2.24) is 9.21 Å². The van der Waals surface area contributed by atoms with Crippen LogP contribution in [0.5, 0.6) is 5.75 Å². The number of methoxy groups -OCH3 is 1. The Morgan fingerprint density at radius 2 is 1.82 bits per heavy atom. The summed E-state index contributed by atoms with van der Waals surface area (Å²) in [4.78, 5) is 14.6. The van der Waals surface area contributed by atoms with Gasteiger partial charge in [-0.1, -0.05) is 17.7 Å². The first kappa shape index (κ1) is 20.6. The van der Waals surface area contributed by atoms with Gasteiger partial charge in [0.25, 0.3) is 5.91 Å². The Kier molecular flexibility index (Phi) is 6.24. The Hall–Kier alpha value is -2.13. The Balaban J connectivity index is 1.85. The lowest BCUT2D eigenvalue weighted by Gasteiger charge is -2.31. The topological polar surface area (TPSA) is 78.9 Å². The molecule has 2 aromatic rings. The lowest BCUT2D eigenvalue weighted by molar-refractivity contribution is 0.102. The van der Waals surface area contributed by atoms with E-state index in [9.17, 15) is 13.2 Å². The average molecular weight is 424 g/mol. The van der Waals surface area contributed by atoms with Gasteiger partial charge in [0.2, 0.25) is 10.0 Å². The number of sulfonamides is 1. The minimum absolute atomic E-state index is 0.0583. The molecule has 1 saturated heterocycles. The normalized spacial score (nSPS) is 16.0. The molecule has 0 unspecified atom stereocenters. The minimum atomic E-state index is -3.78. The van der Waals surface area contributed by atoms with Gasteiger partial charge in [0.15, 0.2) is 0 Å².